The van der Waals surface area contributed by atoms with Gasteiger partial charge in [0.1, 0.15) is 0 Å². The van der Waals surface area contributed by atoms with Gasteiger partial charge in [-0.1, -0.05) is 64.2 Å². The molecule has 0 aromatic rings. The van der Waals surface area contributed by atoms with Crippen LogP contribution in [-0.2, 0) is 0 Å². The summed E-state index contributed by atoms with van der Waals surface area (Å²) in [6, 6.07) is 1.49. The molecule has 2 rings (SSSR count). The van der Waals surface area contributed by atoms with E-state index in [9.17, 15) is 0 Å². The average Bonchev–Trinajstić information content (AvgIpc) is 2.31. The second-order valence-electron chi connectivity index (χ2n) is 6.23. The number of hydrogen-bond acceptors (Lipinski definition) is 0. The number of rotatable bonds is 2. The van der Waals surface area contributed by atoms with E-state index in [0.29, 0.717) is 0 Å². The molecule has 0 heterocycles. The maximum atomic E-state index is 5.00. The molecule has 0 unspecified atom stereocenters. The van der Waals surface area contributed by atoms with Gasteiger partial charge >= 0.3 is 34.6 Å². The first-order valence-electron chi connectivity index (χ1n) is 7.65. The fourth-order valence-corrected chi connectivity index (χ4v) is 2.76. The molecule has 2 saturated carbocycles. The van der Waals surface area contributed by atoms with E-state index in [-0.39, 0.29) is 0 Å². The molecule has 1 nitrogen and oxygen atoms in total. The van der Waals surface area contributed by atoms with Crippen LogP contribution in [0, 0.1) is 0 Å². The Bertz CT molecular complexity index is 151. The second kappa shape index (κ2) is 9.66. The van der Waals surface area contributed by atoms with Crippen molar-refractivity contribution in [1.29, 1.82) is 0 Å². The van der Waals surface area contributed by atoms with E-state index in [0.717, 1.165) is 12.1 Å². The summed E-state index contributed by atoms with van der Waals surface area (Å²) < 4.78 is 0. The molecule has 2 aliphatic rings. The van der Waals surface area contributed by atoms with Gasteiger partial charge in [0.2, 0.25) is 0 Å². The van der Waals surface area contributed by atoms with Crippen molar-refractivity contribution in [2.45, 2.75) is 91.1 Å². The zero-order valence-corrected chi connectivity index (χ0v) is 15.0. The molecule has 2 heteroatoms. The van der Waals surface area contributed by atoms with Crippen molar-refractivity contribution in [3.05, 3.63) is 5.32 Å². The molecule has 17 heavy (non-hydrogen) atoms. The molecule has 0 N–H and O–H groups in total. The number of nitrogens with zero attached hydrogens (tertiary/aromatic N) is 1. The zero-order valence-electron chi connectivity index (χ0n) is 12.2. The van der Waals surface area contributed by atoms with E-state index < -0.39 is 19.8 Å². The summed E-state index contributed by atoms with van der Waals surface area (Å²) in [4.78, 5) is 7.09. The summed E-state index contributed by atoms with van der Waals surface area (Å²) in [7, 11) is 0. The molecule has 0 amide bonds. The Balaban J connectivity index is 0.000000317. The summed E-state index contributed by atoms with van der Waals surface area (Å²) in [5, 5.41) is 5.00. The number of hydrogen-bond donors (Lipinski definition) is 0. The fourth-order valence-electron chi connectivity index (χ4n) is 2.76. The third kappa shape index (κ3) is 8.47. The summed E-state index contributed by atoms with van der Waals surface area (Å²) >= 11 is -0.543. The van der Waals surface area contributed by atoms with Crippen molar-refractivity contribution in [3.63, 3.8) is 0 Å². The molecular formula is C15H31NSn. The minimum atomic E-state index is -0.543. The SMILES string of the molecule is C1CCC([N-]C2CCCCC2)CC1.[CH3][Sn+]([CH3])[CH3]. The van der Waals surface area contributed by atoms with Crippen LogP contribution in [0.15, 0.2) is 0 Å². The Morgan fingerprint density at radius 1 is 0.647 bits per heavy atom. The van der Waals surface area contributed by atoms with Crippen LogP contribution in [0.25, 0.3) is 5.32 Å². The van der Waals surface area contributed by atoms with Crippen molar-refractivity contribution in [1.82, 2.24) is 0 Å². The van der Waals surface area contributed by atoms with Crippen LogP contribution in [0.3, 0.4) is 0 Å². The van der Waals surface area contributed by atoms with Gasteiger partial charge in [0, 0.05) is 0 Å². The summed E-state index contributed by atoms with van der Waals surface area (Å²) in [6.45, 7) is 0. The van der Waals surface area contributed by atoms with Gasteiger partial charge in [-0.25, -0.2) is 0 Å². The van der Waals surface area contributed by atoms with Crippen molar-refractivity contribution in [3.8, 4) is 0 Å². The van der Waals surface area contributed by atoms with Gasteiger partial charge in [-0.2, -0.15) is 0 Å². The van der Waals surface area contributed by atoms with Crippen LogP contribution in [0.2, 0.25) is 14.8 Å². The first-order valence-corrected chi connectivity index (χ1v) is 16.2. The third-order valence-electron chi connectivity index (χ3n) is 3.57. The van der Waals surface area contributed by atoms with Gasteiger partial charge in [0.15, 0.2) is 0 Å². The molecule has 2 aliphatic carbocycles. The topological polar surface area (TPSA) is 14.1 Å². The first-order chi connectivity index (χ1) is 8.18. The van der Waals surface area contributed by atoms with Crippen LogP contribution >= 0.6 is 0 Å². The molecule has 0 aromatic heterocycles. The Hall–Kier alpha value is 0.759. The molecule has 0 radical (unpaired) electrons. The van der Waals surface area contributed by atoms with Gasteiger partial charge in [-0.3, -0.25) is 0 Å². The Kier molecular flexibility index (Phi) is 8.98. The van der Waals surface area contributed by atoms with Gasteiger partial charge in [-0.05, 0) is 0 Å². The second-order valence-corrected chi connectivity index (χ2v) is 14.8. The first kappa shape index (κ1) is 15.8. The maximum absolute atomic E-state index is 5.00. The Morgan fingerprint density at radius 3 is 1.24 bits per heavy atom. The van der Waals surface area contributed by atoms with E-state index in [1.54, 1.807) is 0 Å². The van der Waals surface area contributed by atoms with Crippen LogP contribution < -0.4 is 0 Å². The van der Waals surface area contributed by atoms with Crippen molar-refractivity contribution >= 4 is 19.8 Å². The molecule has 0 atom stereocenters. The van der Waals surface area contributed by atoms with Crippen molar-refractivity contribution in [2.24, 2.45) is 0 Å². The van der Waals surface area contributed by atoms with Gasteiger partial charge in [0.05, 0.1) is 0 Å². The van der Waals surface area contributed by atoms with E-state index in [1.165, 1.54) is 64.2 Å². The molecule has 2 fully saturated rings. The molecule has 0 bridgehead atoms. The minimum absolute atomic E-state index is 0.543. The quantitative estimate of drug-likeness (QED) is 0.596. The fraction of sp³-hybridized carbons (Fsp3) is 1.00. The van der Waals surface area contributed by atoms with Crippen LogP contribution in [0.5, 0.6) is 0 Å². The van der Waals surface area contributed by atoms with Crippen molar-refractivity contribution < 1.29 is 0 Å². The van der Waals surface area contributed by atoms with E-state index >= 15 is 0 Å². The van der Waals surface area contributed by atoms with Crippen LogP contribution in [0.4, 0.5) is 0 Å². The van der Waals surface area contributed by atoms with Crippen molar-refractivity contribution in [2.75, 3.05) is 0 Å². The van der Waals surface area contributed by atoms with Gasteiger partial charge in [0.25, 0.3) is 0 Å². The predicted octanol–water partition coefficient (Wildman–Crippen LogP) is 5.40. The van der Waals surface area contributed by atoms with Gasteiger partial charge in [-0.15, -0.1) is 12.1 Å². The average molecular weight is 344 g/mol. The standard InChI is InChI=1S/C12H22N.3CH3.Sn/c1-3-7-11(8-4-1)13-12-9-5-2-6-10-12;;;;/h11-12H,1-10H2;3*1H3;/q-1;;;;+1. The molecule has 0 aliphatic heterocycles. The third-order valence-corrected chi connectivity index (χ3v) is 3.57. The molecular weight excluding hydrogens is 313 g/mol. The normalized spacial score (nSPS) is 22.8. The summed E-state index contributed by atoms with van der Waals surface area (Å²) in [5.41, 5.74) is 0. The van der Waals surface area contributed by atoms with Crippen LogP contribution in [0.1, 0.15) is 64.2 Å². The van der Waals surface area contributed by atoms with E-state index in [2.05, 4.69) is 14.8 Å². The Morgan fingerprint density at radius 2 is 0.941 bits per heavy atom. The summed E-state index contributed by atoms with van der Waals surface area (Å²) in [6.07, 6.45) is 14.2. The predicted molar refractivity (Wildman–Crippen MR) is 80.5 cm³/mol. The molecule has 0 saturated heterocycles. The zero-order chi connectivity index (χ0) is 12.5. The van der Waals surface area contributed by atoms with Gasteiger partial charge < -0.3 is 5.32 Å². The molecule has 0 spiro atoms. The summed E-state index contributed by atoms with van der Waals surface area (Å²) in [5.74, 6) is 0. The van der Waals surface area contributed by atoms with E-state index in [1.807, 2.05) is 0 Å². The Labute approximate surface area is 116 Å². The molecule has 0 aromatic carbocycles. The van der Waals surface area contributed by atoms with Crippen LogP contribution in [-0.4, -0.2) is 31.8 Å². The van der Waals surface area contributed by atoms with E-state index in [4.69, 9.17) is 5.32 Å². The monoisotopic (exact) mass is 345 g/mol. The molecule has 100 valence electrons.